The Balaban J connectivity index is 2.00. The summed E-state index contributed by atoms with van der Waals surface area (Å²) in [5.74, 6) is 0. The van der Waals surface area contributed by atoms with E-state index in [1.807, 2.05) is 41.0 Å². The Morgan fingerprint density at radius 3 is 2.79 bits per heavy atom. The summed E-state index contributed by atoms with van der Waals surface area (Å²) in [6.07, 6.45) is 1.56. The lowest BCUT2D eigenvalue weighted by molar-refractivity contribution is 0.798. The van der Waals surface area contributed by atoms with Crippen LogP contribution in [0.5, 0.6) is 0 Å². The molecule has 0 spiro atoms. The van der Waals surface area contributed by atoms with Crippen LogP contribution in [0.15, 0.2) is 42.6 Å². The fourth-order valence-corrected chi connectivity index (χ4v) is 2.18. The summed E-state index contributed by atoms with van der Waals surface area (Å²) in [6.45, 7) is 0.533. The Morgan fingerprint density at radius 1 is 1.21 bits per heavy atom. The number of hydrogen-bond donors (Lipinski definition) is 0. The monoisotopic (exact) mass is 268 g/mol. The van der Waals surface area contributed by atoms with Crippen molar-refractivity contribution < 1.29 is 0 Å². The molecule has 0 atom stereocenters. The highest BCUT2D eigenvalue weighted by atomic mass is 35.5. The Hall–Kier alpha value is -2.38. The second-order valence-corrected chi connectivity index (χ2v) is 4.44. The molecule has 19 heavy (non-hydrogen) atoms. The van der Waals surface area contributed by atoms with Crippen LogP contribution in [0.1, 0.15) is 11.3 Å². The number of pyridine rings is 1. The van der Waals surface area contributed by atoms with Gasteiger partial charge in [-0.3, -0.25) is 4.98 Å². The summed E-state index contributed by atoms with van der Waals surface area (Å²) < 4.78 is 1.89. The van der Waals surface area contributed by atoms with E-state index in [1.165, 1.54) is 0 Å². The molecular formula is C14H9ClN4. The van der Waals surface area contributed by atoms with Gasteiger partial charge in [0.1, 0.15) is 6.07 Å². The van der Waals surface area contributed by atoms with Gasteiger partial charge in [0.05, 0.1) is 28.8 Å². The predicted molar refractivity (Wildman–Crippen MR) is 72.8 cm³/mol. The van der Waals surface area contributed by atoms with Crippen LogP contribution in [-0.2, 0) is 6.54 Å². The van der Waals surface area contributed by atoms with Crippen LogP contribution in [0.3, 0.4) is 0 Å². The minimum atomic E-state index is 0.437. The molecule has 92 valence electrons. The van der Waals surface area contributed by atoms with Crippen LogP contribution < -0.4 is 0 Å². The number of imidazole rings is 1. The summed E-state index contributed by atoms with van der Waals surface area (Å²) >= 11 is 6.15. The lowest BCUT2D eigenvalue weighted by Crippen LogP contribution is -2.01. The average molecular weight is 269 g/mol. The zero-order valence-corrected chi connectivity index (χ0v) is 10.7. The summed E-state index contributed by atoms with van der Waals surface area (Å²) in [6, 6.07) is 13.4. The van der Waals surface area contributed by atoms with Crippen molar-refractivity contribution in [2.45, 2.75) is 6.54 Å². The van der Waals surface area contributed by atoms with Gasteiger partial charge in [-0.05, 0) is 35.9 Å². The Kier molecular flexibility index (Phi) is 2.90. The molecule has 0 aliphatic heterocycles. The predicted octanol–water partition coefficient (Wildman–Crippen LogP) is 3.00. The quantitative estimate of drug-likeness (QED) is 0.718. The molecule has 0 amide bonds. The van der Waals surface area contributed by atoms with Crippen molar-refractivity contribution in [3.05, 3.63) is 59.1 Å². The third kappa shape index (κ3) is 2.16. The second kappa shape index (κ2) is 4.71. The van der Waals surface area contributed by atoms with Gasteiger partial charge in [-0.1, -0.05) is 12.1 Å². The normalized spacial score (nSPS) is 10.5. The second-order valence-electron chi connectivity index (χ2n) is 4.11. The van der Waals surface area contributed by atoms with E-state index < -0.39 is 0 Å². The molecule has 0 unspecified atom stereocenters. The number of aromatic nitrogens is 3. The minimum absolute atomic E-state index is 0.437. The molecule has 5 heteroatoms. The Morgan fingerprint density at radius 2 is 2.05 bits per heavy atom. The third-order valence-electron chi connectivity index (χ3n) is 2.88. The lowest BCUT2D eigenvalue weighted by atomic mass is 10.2. The van der Waals surface area contributed by atoms with Crippen molar-refractivity contribution >= 4 is 22.6 Å². The van der Waals surface area contributed by atoms with Gasteiger partial charge in [-0.25, -0.2) is 4.98 Å². The summed E-state index contributed by atoms with van der Waals surface area (Å²) in [5.41, 5.74) is 3.22. The molecule has 3 rings (SSSR count). The van der Waals surface area contributed by atoms with Crippen LogP contribution >= 0.6 is 11.6 Å². The zero-order valence-electron chi connectivity index (χ0n) is 9.92. The maximum Gasteiger partial charge on any atom is 0.204 e. The first kappa shape index (κ1) is 11.7. The fourth-order valence-electron chi connectivity index (χ4n) is 1.94. The van der Waals surface area contributed by atoms with Crippen molar-refractivity contribution in [1.29, 1.82) is 5.26 Å². The topological polar surface area (TPSA) is 54.5 Å². The maximum absolute atomic E-state index is 8.74. The molecule has 0 radical (unpaired) electrons. The van der Waals surface area contributed by atoms with E-state index in [2.05, 4.69) is 9.97 Å². The molecule has 2 aromatic heterocycles. The summed E-state index contributed by atoms with van der Waals surface area (Å²) in [7, 11) is 0. The Bertz CT molecular complexity index is 768. The van der Waals surface area contributed by atoms with Crippen molar-refractivity contribution in [3.63, 3.8) is 0 Å². The molecule has 0 fully saturated rings. The van der Waals surface area contributed by atoms with Gasteiger partial charge < -0.3 is 4.57 Å². The number of fused-ring (bicyclic) bond motifs is 1. The first-order chi connectivity index (χ1) is 9.28. The summed E-state index contributed by atoms with van der Waals surface area (Å²) in [4.78, 5) is 8.53. The molecule has 0 bridgehead atoms. The smallest absolute Gasteiger partial charge is 0.204 e. The zero-order chi connectivity index (χ0) is 13.2. The largest absolute Gasteiger partial charge is 0.309 e. The molecule has 3 aromatic rings. The van der Waals surface area contributed by atoms with Crippen molar-refractivity contribution in [3.8, 4) is 6.07 Å². The van der Waals surface area contributed by atoms with Gasteiger partial charge >= 0.3 is 0 Å². The number of rotatable bonds is 2. The van der Waals surface area contributed by atoms with Gasteiger partial charge in [0.15, 0.2) is 0 Å². The molecule has 0 saturated heterocycles. The highest BCUT2D eigenvalue weighted by Gasteiger charge is 2.09. The maximum atomic E-state index is 8.74. The van der Waals surface area contributed by atoms with Crippen LogP contribution in [0.25, 0.3) is 11.0 Å². The number of halogens is 1. The number of hydrogen-bond acceptors (Lipinski definition) is 3. The molecule has 1 aromatic carbocycles. The molecule has 0 saturated carbocycles. The van der Waals surface area contributed by atoms with Gasteiger partial charge in [-0.2, -0.15) is 5.26 Å². The van der Waals surface area contributed by atoms with Crippen LogP contribution in [0, 0.1) is 11.3 Å². The third-order valence-corrected chi connectivity index (χ3v) is 3.17. The van der Waals surface area contributed by atoms with E-state index in [1.54, 1.807) is 12.3 Å². The van der Waals surface area contributed by atoms with E-state index >= 15 is 0 Å². The first-order valence-electron chi connectivity index (χ1n) is 5.74. The first-order valence-corrected chi connectivity index (χ1v) is 6.11. The molecule has 0 aliphatic rings. The van der Waals surface area contributed by atoms with Crippen molar-refractivity contribution in [2.75, 3.05) is 0 Å². The fraction of sp³-hybridized carbons (Fsp3) is 0.0714. The van der Waals surface area contributed by atoms with E-state index in [0.29, 0.717) is 17.4 Å². The van der Waals surface area contributed by atoms with E-state index in [0.717, 1.165) is 16.7 Å². The van der Waals surface area contributed by atoms with Gasteiger partial charge in [0.25, 0.3) is 0 Å². The van der Waals surface area contributed by atoms with E-state index in [4.69, 9.17) is 16.9 Å². The van der Waals surface area contributed by atoms with Gasteiger partial charge in [0.2, 0.25) is 5.28 Å². The lowest BCUT2D eigenvalue weighted by Gasteiger charge is -2.05. The number of benzene rings is 1. The highest BCUT2D eigenvalue weighted by molar-refractivity contribution is 6.29. The van der Waals surface area contributed by atoms with Gasteiger partial charge in [-0.15, -0.1) is 0 Å². The highest BCUT2D eigenvalue weighted by Crippen LogP contribution is 2.20. The van der Waals surface area contributed by atoms with Crippen LogP contribution in [0.4, 0.5) is 0 Å². The molecule has 0 aliphatic carbocycles. The minimum Gasteiger partial charge on any atom is -0.309 e. The molecular weight excluding hydrogens is 260 g/mol. The Labute approximate surface area is 114 Å². The SMILES string of the molecule is N#Cc1ccc(Cn2c(Cl)nc3ccccc32)nc1. The molecule has 4 nitrogen and oxygen atoms in total. The standard InChI is InChI=1S/C14H9ClN4/c15-14-18-12-3-1-2-4-13(12)19(14)9-11-6-5-10(7-16)8-17-11/h1-6,8H,9H2. The van der Waals surface area contributed by atoms with E-state index in [-0.39, 0.29) is 0 Å². The number of para-hydroxylation sites is 2. The molecule has 0 N–H and O–H groups in total. The van der Waals surface area contributed by atoms with Crippen molar-refractivity contribution in [1.82, 2.24) is 14.5 Å². The van der Waals surface area contributed by atoms with Crippen molar-refractivity contribution in [2.24, 2.45) is 0 Å². The van der Waals surface area contributed by atoms with Gasteiger partial charge in [0, 0.05) is 6.20 Å². The average Bonchev–Trinajstić information content (AvgIpc) is 2.76. The van der Waals surface area contributed by atoms with Crippen LogP contribution in [0.2, 0.25) is 5.28 Å². The van der Waals surface area contributed by atoms with Crippen LogP contribution in [-0.4, -0.2) is 14.5 Å². The summed E-state index contributed by atoms with van der Waals surface area (Å²) in [5, 5.41) is 9.18. The number of nitrogens with zero attached hydrogens (tertiary/aromatic N) is 4. The molecule has 2 heterocycles. The van der Waals surface area contributed by atoms with E-state index in [9.17, 15) is 0 Å². The number of nitriles is 1.